The second kappa shape index (κ2) is 4.38. The normalized spacial score (nSPS) is 9.85. The lowest BCUT2D eigenvalue weighted by Crippen LogP contribution is -2.11. The molecule has 0 saturated heterocycles. The first-order chi connectivity index (χ1) is 6.15. The molecular formula is C10H15ClN2. The monoisotopic (exact) mass is 198 g/mol. The highest BCUT2D eigenvalue weighted by Crippen LogP contribution is 2.27. The van der Waals surface area contributed by atoms with Crippen LogP contribution in [0.2, 0.25) is 5.02 Å². The van der Waals surface area contributed by atoms with Gasteiger partial charge in [0.25, 0.3) is 0 Å². The van der Waals surface area contributed by atoms with Gasteiger partial charge in [-0.05, 0) is 25.1 Å². The average Bonchev–Trinajstić information content (AvgIpc) is 2.04. The van der Waals surface area contributed by atoms with Gasteiger partial charge in [-0.1, -0.05) is 11.6 Å². The molecule has 0 radical (unpaired) electrons. The zero-order valence-corrected chi connectivity index (χ0v) is 9.02. The molecule has 1 N–H and O–H groups in total. The minimum absolute atomic E-state index is 0.765. The number of anilines is 2. The number of halogens is 1. The standard InChI is InChI=1S/C10H15ClN2/c1-4-12-9-7-8(11)5-6-10(9)13(2)3/h5-7,12H,4H2,1-3H3. The molecule has 72 valence electrons. The van der Waals surface area contributed by atoms with E-state index in [1.807, 2.05) is 32.3 Å². The maximum absolute atomic E-state index is 5.90. The molecule has 0 heterocycles. The zero-order valence-electron chi connectivity index (χ0n) is 8.26. The molecule has 0 amide bonds. The van der Waals surface area contributed by atoms with Crippen molar-refractivity contribution in [3.63, 3.8) is 0 Å². The molecular weight excluding hydrogens is 184 g/mol. The number of hydrogen-bond donors (Lipinski definition) is 1. The van der Waals surface area contributed by atoms with Crippen molar-refractivity contribution in [2.24, 2.45) is 0 Å². The zero-order chi connectivity index (χ0) is 9.84. The molecule has 0 aliphatic heterocycles. The Morgan fingerprint density at radius 1 is 1.38 bits per heavy atom. The minimum Gasteiger partial charge on any atom is -0.384 e. The molecule has 0 fully saturated rings. The van der Waals surface area contributed by atoms with Crippen LogP contribution < -0.4 is 10.2 Å². The van der Waals surface area contributed by atoms with Crippen LogP contribution in [0.15, 0.2) is 18.2 Å². The van der Waals surface area contributed by atoms with E-state index < -0.39 is 0 Å². The van der Waals surface area contributed by atoms with Gasteiger partial charge in [-0.2, -0.15) is 0 Å². The fourth-order valence-electron chi connectivity index (χ4n) is 1.23. The third-order valence-electron chi connectivity index (χ3n) is 1.81. The second-order valence-corrected chi connectivity index (χ2v) is 3.52. The summed E-state index contributed by atoms with van der Waals surface area (Å²) in [5.74, 6) is 0. The second-order valence-electron chi connectivity index (χ2n) is 3.09. The van der Waals surface area contributed by atoms with Gasteiger partial charge in [0, 0.05) is 25.7 Å². The molecule has 1 aromatic carbocycles. The van der Waals surface area contributed by atoms with Crippen molar-refractivity contribution >= 4 is 23.0 Å². The van der Waals surface area contributed by atoms with Gasteiger partial charge >= 0.3 is 0 Å². The van der Waals surface area contributed by atoms with Crippen LogP contribution in [0.5, 0.6) is 0 Å². The van der Waals surface area contributed by atoms with Crippen molar-refractivity contribution < 1.29 is 0 Å². The number of hydrogen-bond acceptors (Lipinski definition) is 2. The Morgan fingerprint density at radius 3 is 2.62 bits per heavy atom. The maximum atomic E-state index is 5.90. The van der Waals surface area contributed by atoms with Gasteiger partial charge in [0.2, 0.25) is 0 Å². The molecule has 0 bridgehead atoms. The van der Waals surface area contributed by atoms with E-state index in [1.54, 1.807) is 0 Å². The molecule has 0 aliphatic rings. The topological polar surface area (TPSA) is 15.3 Å². The first kappa shape index (κ1) is 10.2. The maximum Gasteiger partial charge on any atom is 0.0597 e. The van der Waals surface area contributed by atoms with Gasteiger partial charge in [-0.3, -0.25) is 0 Å². The lowest BCUT2D eigenvalue weighted by Gasteiger charge is -2.18. The average molecular weight is 199 g/mol. The van der Waals surface area contributed by atoms with Crippen LogP contribution in [0.1, 0.15) is 6.92 Å². The van der Waals surface area contributed by atoms with Crippen molar-refractivity contribution in [1.29, 1.82) is 0 Å². The minimum atomic E-state index is 0.765. The van der Waals surface area contributed by atoms with Gasteiger partial charge in [-0.25, -0.2) is 0 Å². The molecule has 1 rings (SSSR count). The van der Waals surface area contributed by atoms with E-state index in [1.165, 1.54) is 0 Å². The number of nitrogens with one attached hydrogen (secondary N) is 1. The fraction of sp³-hybridized carbons (Fsp3) is 0.400. The van der Waals surface area contributed by atoms with Crippen molar-refractivity contribution in [1.82, 2.24) is 0 Å². The Bertz CT molecular complexity index is 284. The quantitative estimate of drug-likeness (QED) is 0.804. The predicted molar refractivity (Wildman–Crippen MR) is 59.9 cm³/mol. The SMILES string of the molecule is CCNc1cc(Cl)ccc1N(C)C. The third-order valence-corrected chi connectivity index (χ3v) is 2.04. The summed E-state index contributed by atoms with van der Waals surface area (Å²) >= 11 is 5.90. The molecule has 2 nitrogen and oxygen atoms in total. The highest BCUT2D eigenvalue weighted by atomic mass is 35.5. The van der Waals surface area contributed by atoms with Gasteiger partial charge in [-0.15, -0.1) is 0 Å². The summed E-state index contributed by atoms with van der Waals surface area (Å²) < 4.78 is 0. The molecule has 1 aromatic rings. The van der Waals surface area contributed by atoms with Crippen LogP contribution in [0.3, 0.4) is 0 Å². The van der Waals surface area contributed by atoms with E-state index in [0.29, 0.717) is 0 Å². The van der Waals surface area contributed by atoms with Gasteiger partial charge < -0.3 is 10.2 Å². The first-order valence-corrected chi connectivity index (χ1v) is 4.73. The highest BCUT2D eigenvalue weighted by Gasteiger charge is 2.03. The van der Waals surface area contributed by atoms with Crippen LogP contribution >= 0.6 is 11.6 Å². The first-order valence-electron chi connectivity index (χ1n) is 4.36. The molecule has 13 heavy (non-hydrogen) atoms. The Hall–Kier alpha value is -0.890. The molecule has 0 aromatic heterocycles. The highest BCUT2D eigenvalue weighted by molar-refractivity contribution is 6.31. The van der Waals surface area contributed by atoms with E-state index >= 15 is 0 Å². The molecule has 0 unspecified atom stereocenters. The summed E-state index contributed by atoms with van der Waals surface area (Å²) in [5, 5.41) is 4.04. The molecule has 3 heteroatoms. The summed E-state index contributed by atoms with van der Waals surface area (Å²) in [4.78, 5) is 2.06. The van der Waals surface area contributed by atoms with E-state index in [-0.39, 0.29) is 0 Å². The van der Waals surface area contributed by atoms with Gasteiger partial charge in [0.1, 0.15) is 0 Å². The smallest absolute Gasteiger partial charge is 0.0597 e. The van der Waals surface area contributed by atoms with E-state index in [2.05, 4.69) is 17.1 Å². The van der Waals surface area contributed by atoms with Crippen molar-refractivity contribution in [2.45, 2.75) is 6.92 Å². The Balaban J connectivity index is 3.03. The van der Waals surface area contributed by atoms with Gasteiger partial charge in [0.05, 0.1) is 11.4 Å². The van der Waals surface area contributed by atoms with E-state index in [9.17, 15) is 0 Å². The van der Waals surface area contributed by atoms with E-state index in [4.69, 9.17) is 11.6 Å². The van der Waals surface area contributed by atoms with Gasteiger partial charge in [0.15, 0.2) is 0 Å². The van der Waals surface area contributed by atoms with Crippen LogP contribution in [0.4, 0.5) is 11.4 Å². The lowest BCUT2D eigenvalue weighted by molar-refractivity contribution is 1.12. The Labute approximate surface area is 84.5 Å². The molecule has 0 aliphatic carbocycles. The summed E-state index contributed by atoms with van der Waals surface area (Å²) in [6.45, 7) is 2.97. The summed E-state index contributed by atoms with van der Waals surface area (Å²) in [6.07, 6.45) is 0. The van der Waals surface area contributed by atoms with Crippen LogP contribution in [0.25, 0.3) is 0 Å². The van der Waals surface area contributed by atoms with Crippen molar-refractivity contribution in [2.75, 3.05) is 30.9 Å². The molecule has 0 saturated carbocycles. The number of rotatable bonds is 3. The molecule has 0 spiro atoms. The van der Waals surface area contributed by atoms with Crippen molar-refractivity contribution in [3.8, 4) is 0 Å². The van der Waals surface area contributed by atoms with Crippen LogP contribution in [0, 0.1) is 0 Å². The summed E-state index contributed by atoms with van der Waals surface area (Å²) in [7, 11) is 4.04. The summed E-state index contributed by atoms with van der Waals surface area (Å²) in [6, 6.07) is 5.86. The number of nitrogens with zero attached hydrogens (tertiary/aromatic N) is 1. The molecule has 0 atom stereocenters. The van der Waals surface area contributed by atoms with E-state index in [0.717, 1.165) is 22.9 Å². The van der Waals surface area contributed by atoms with Crippen molar-refractivity contribution in [3.05, 3.63) is 23.2 Å². The lowest BCUT2D eigenvalue weighted by atomic mass is 10.2. The number of benzene rings is 1. The Morgan fingerprint density at radius 2 is 2.08 bits per heavy atom. The third kappa shape index (κ3) is 2.52. The fourth-order valence-corrected chi connectivity index (χ4v) is 1.40. The van der Waals surface area contributed by atoms with Crippen LogP contribution in [-0.4, -0.2) is 20.6 Å². The Kier molecular flexibility index (Phi) is 3.43. The predicted octanol–water partition coefficient (Wildman–Crippen LogP) is 2.84. The largest absolute Gasteiger partial charge is 0.384 e. The van der Waals surface area contributed by atoms with Crippen LogP contribution in [-0.2, 0) is 0 Å². The summed E-state index contributed by atoms with van der Waals surface area (Å²) in [5.41, 5.74) is 2.24.